The third kappa shape index (κ3) is 1.83. The maximum atomic E-state index is 5.77. The molecule has 0 radical (unpaired) electrons. The Morgan fingerprint density at radius 2 is 1.64 bits per heavy atom. The first kappa shape index (κ1) is 8.97. The van der Waals surface area contributed by atoms with Gasteiger partial charge in [0.05, 0.1) is 5.69 Å². The van der Waals surface area contributed by atoms with Gasteiger partial charge in [-0.15, -0.1) is 10.2 Å². The number of hydrogen-bond acceptors (Lipinski definition) is 3. The van der Waals surface area contributed by atoms with E-state index in [9.17, 15) is 0 Å². The molecule has 70 valence electrons. The van der Waals surface area contributed by atoms with Crippen LogP contribution in [0.2, 0.25) is 5.02 Å². The van der Waals surface area contributed by atoms with Gasteiger partial charge in [-0.05, 0) is 24.3 Å². The molecular weight excluding hydrogens is 198 g/mol. The molecule has 0 aliphatic rings. The van der Waals surface area contributed by atoms with Crippen LogP contribution in [0.1, 0.15) is 0 Å². The molecule has 14 heavy (non-hydrogen) atoms. The molecule has 3 nitrogen and oxygen atoms in total. The minimum atomic E-state index is 0.419. The molecule has 2 aromatic rings. The van der Waals surface area contributed by atoms with E-state index in [1.54, 1.807) is 6.07 Å². The van der Waals surface area contributed by atoms with E-state index in [1.807, 2.05) is 30.3 Å². The van der Waals surface area contributed by atoms with E-state index in [0.717, 1.165) is 11.3 Å². The molecule has 0 saturated heterocycles. The van der Waals surface area contributed by atoms with Crippen molar-refractivity contribution >= 4 is 17.4 Å². The number of rotatable bonds is 1. The largest absolute Gasteiger partial charge is 0.382 e. The van der Waals surface area contributed by atoms with Gasteiger partial charge in [0.15, 0.2) is 0 Å². The van der Waals surface area contributed by atoms with Crippen LogP contribution in [0.5, 0.6) is 0 Å². The summed E-state index contributed by atoms with van der Waals surface area (Å²) in [6.45, 7) is 0. The third-order valence-corrected chi connectivity index (χ3v) is 2.08. The Morgan fingerprint density at radius 3 is 2.21 bits per heavy atom. The van der Waals surface area contributed by atoms with Crippen LogP contribution in [0.3, 0.4) is 0 Å². The molecule has 2 rings (SSSR count). The van der Waals surface area contributed by atoms with Gasteiger partial charge in [0.2, 0.25) is 0 Å². The van der Waals surface area contributed by atoms with Gasteiger partial charge in [-0.1, -0.05) is 23.7 Å². The van der Waals surface area contributed by atoms with E-state index < -0.39 is 0 Å². The SMILES string of the molecule is Nc1ccc(-c2ccc(Cl)cc2)nn1. The fourth-order valence-electron chi connectivity index (χ4n) is 1.12. The van der Waals surface area contributed by atoms with Crippen LogP contribution in [0.25, 0.3) is 11.3 Å². The first-order valence-corrected chi connectivity index (χ1v) is 4.48. The fourth-order valence-corrected chi connectivity index (χ4v) is 1.24. The van der Waals surface area contributed by atoms with E-state index in [4.69, 9.17) is 17.3 Å². The first-order chi connectivity index (χ1) is 6.75. The molecule has 0 aliphatic carbocycles. The predicted molar refractivity (Wildman–Crippen MR) is 56.9 cm³/mol. The highest BCUT2D eigenvalue weighted by Crippen LogP contribution is 2.18. The third-order valence-electron chi connectivity index (χ3n) is 1.83. The summed E-state index contributed by atoms with van der Waals surface area (Å²) in [5.41, 5.74) is 7.20. The summed E-state index contributed by atoms with van der Waals surface area (Å²) >= 11 is 5.77. The summed E-state index contributed by atoms with van der Waals surface area (Å²) in [4.78, 5) is 0. The second kappa shape index (κ2) is 3.64. The van der Waals surface area contributed by atoms with Crippen molar-refractivity contribution in [3.63, 3.8) is 0 Å². The molecule has 0 spiro atoms. The smallest absolute Gasteiger partial charge is 0.146 e. The average molecular weight is 206 g/mol. The van der Waals surface area contributed by atoms with Gasteiger partial charge in [0, 0.05) is 10.6 Å². The lowest BCUT2D eigenvalue weighted by molar-refractivity contribution is 1.05. The highest BCUT2D eigenvalue weighted by atomic mass is 35.5. The predicted octanol–water partition coefficient (Wildman–Crippen LogP) is 2.38. The summed E-state index contributed by atoms with van der Waals surface area (Å²) in [7, 11) is 0. The topological polar surface area (TPSA) is 51.8 Å². The van der Waals surface area contributed by atoms with Gasteiger partial charge < -0.3 is 5.73 Å². The molecule has 0 unspecified atom stereocenters. The highest BCUT2D eigenvalue weighted by Gasteiger charge is 1.98. The maximum absolute atomic E-state index is 5.77. The maximum Gasteiger partial charge on any atom is 0.146 e. The number of hydrogen-bond donors (Lipinski definition) is 1. The molecule has 4 heteroatoms. The van der Waals surface area contributed by atoms with Gasteiger partial charge in [-0.2, -0.15) is 0 Å². The van der Waals surface area contributed by atoms with E-state index >= 15 is 0 Å². The Morgan fingerprint density at radius 1 is 0.929 bits per heavy atom. The van der Waals surface area contributed by atoms with Crippen LogP contribution in [-0.2, 0) is 0 Å². The Balaban J connectivity index is 2.40. The van der Waals surface area contributed by atoms with Crippen molar-refractivity contribution in [2.24, 2.45) is 0 Å². The minimum absolute atomic E-state index is 0.419. The molecule has 1 aromatic heterocycles. The van der Waals surface area contributed by atoms with Crippen molar-refractivity contribution in [2.45, 2.75) is 0 Å². The molecular formula is C10H8ClN3. The van der Waals surface area contributed by atoms with Crippen molar-refractivity contribution in [1.29, 1.82) is 0 Å². The monoisotopic (exact) mass is 205 g/mol. The van der Waals surface area contributed by atoms with Crippen LogP contribution in [0.15, 0.2) is 36.4 Å². The van der Waals surface area contributed by atoms with Gasteiger partial charge in [-0.3, -0.25) is 0 Å². The summed E-state index contributed by atoms with van der Waals surface area (Å²) < 4.78 is 0. The number of anilines is 1. The molecule has 0 aliphatic heterocycles. The van der Waals surface area contributed by atoms with Crippen LogP contribution in [0, 0.1) is 0 Å². The lowest BCUT2D eigenvalue weighted by atomic mass is 10.1. The van der Waals surface area contributed by atoms with Crippen LogP contribution >= 0.6 is 11.6 Å². The van der Waals surface area contributed by atoms with E-state index in [2.05, 4.69) is 10.2 Å². The van der Waals surface area contributed by atoms with E-state index in [0.29, 0.717) is 10.8 Å². The summed E-state index contributed by atoms with van der Waals surface area (Å²) in [6, 6.07) is 11.0. The van der Waals surface area contributed by atoms with Crippen molar-refractivity contribution in [3.05, 3.63) is 41.4 Å². The Hall–Kier alpha value is -1.61. The van der Waals surface area contributed by atoms with E-state index in [1.165, 1.54) is 0 Å². The fraction of sp³-hybridized carbons (Fsp3) is 0. The standard InChI is InChI=1S/C10H8ClN3/c11-8-3-1-7(2-4-8)9-5-6-10(12)14-13-9/h1-6H,(H2,12,14). The van der Waals surface area contributed by atoms with Gasteiger partial charge in [0.25, 0.3) is 0 Å². The van der Waals surface area contributed by atoms with Crippen LogP contribution in [0.4, 0.5) is 5.82 Å². The normalized spacial score (nSPS) is 10.1. The second-order valence-corrected chi connectivity index (χ2v) is 3.29. The number of nitrogen functional groups attached to an aromatic ring is 1. The molecule has 2 N–H and O–H groups in total. The number of nitrogens with zero attached hydrogens (tertiary/aromatic N) is 2. The molecule has 0 atom stereocenters. The molecule has 1 aromatic carbocycles. The quantitative estimate of drug-likeness (QED) is 0.778. The summed E-state index contributed by atoms with van der Waals surface area (Å²) in [5.74, 6) is 0.419. The Labute approximate surface area is 86.5 Å². The summed E-state index contributed by atoms with van der Waals surface area (Å²) in [5, 5.41) is 8.44. The summed E-state index contributed by atoms with van der Waals surface area (Å²) in [6.07, 6.45) is 0. The van der Waals surface area contributed by atoms with Crippen molar-refractivity contribution in [2.75, 3.05) is 5.73 Å². The van der Waals surface area contributed by atoms with Gasteiger partial charge >= 0.3 is 0 Å². The zero-order valence-corrected chi connectivity index (χ0v) is 8.07. The van der Waals surface area contributed by atoms with Crippen LogP contribution in [-0.4, -0.2) is 10.2 Å². The second-order valence-electron chi connectivity index (χ2n) is 2.85. The van der Waals surface area contributed by atoms with Crippen molar-refractivity contribution in [3.8, 4) is 11.3 Å². The average Bonchev–Trinajstić information content (AvgIpc) is 2.21. The molecule has 0 amide bonds. The molecule has 0 saturated carbocycles. The molecule has 0 bridgehead atoms. The van der Waals surface area contributed by atoms with Gasteiger partial charge in [-0.25, -0.2) is 0 Å². The molecule has 1 heterocycles. The lowest BCUT2D eigenvalue weighted by Gasteiger charge is -1.99. The van der Waals surface area contributed by atoms with E-state index in [-0.39, 0.29) is 0 Å². The zero-order valence-electron chi connectivity index (χ0n) is 7.31. The highest BCUT2D eigenvalue weighted by molar-refractivity contribution is 6.30. The number of nitrogens with two attached hydrogens (primary N) is 1. The Bertz CT molecular complexity index is 379. The molecule has 0 fully saturated rings. The first-order valence-electron chi connectivity index (χ1n) is 4.11. The number of aromatic nitrogens is 2. The van der Waals surface area contributed by atoms with Crippen LogP contribution < -0.4 is 5.73 Å². The number of halogens is 1. The van der Waals surface area contributed by atoms with Gasteiger partial charge in [0.1, 0.15) is 5.82 Å². The zero-order chi connectivity index (χ0) is 9.97. The lowest BCUT2D eigenvalue weighted by Crippen LogP contribution is -1.93. The number of benzene rings is 1. The Kier molecular flexibility index (Phi) is 2.33. The van der Waals surface area contributed by atoms with Crippen molar-refractivity contribution < 1.29 is 0 Å². The minimum Gasteiger partial charge on any atom is -0.382 e. The van der Waals surface area contributed by atoms with Crippen molar-refractivity contribution in [1.82, 2.24) is 10.2 Å².